The van der Waals surface area contributed by atoms with E-state index in [9.17, 15) is 0 Å². The summed E-state index contributed by atoms with van der Waals surface area (Å²) in [6.07, 6.45) is 2.61. The van der Waals surface area contributed by atoms with Crippen LogP contribution in [0.5, 0.6) is 5.88 Å². The predicted octanol–water partition coefficient (Wildman–Crippen LogP) is 1.74. The lowest BCUT2D eigenvalue weighted by Crippen LogP contribution is -2.33. The number of nitrogens with one attached hydrogen (secondary N) is 1. The fraction of sp³-hybridized carbons (Fsp3) is 0.250. The molecule has 0 amide bonds. The predicted molar refractivity (Wildman–Crippen MR) is 84.3 cm³/mol. The standard InChI is InChI=1S/C16H20N4O/c1-21-15-11-14(8-9-18-15)12-20-16(17)19-10-7-13-5-3-2-4-6-13/h2-6,8-9,11H,7,10,12H2,1H3,(H3,17,19,20). The van der Waals surface area contributed by atoms with E-state index in [1.54, 1.807) is 13.3 Å². The number of aromatic nitrogens is 1. The molecule has 0 saturated carbocycles. The Balaban J connectivity index is 1.78. The molecule has 0 radical (unpaired) electrons. The van der Waals surface area contributed by atoms with Crippen molar-refractivity contribution in [1.82, 2.24) is 10.3 Å². The first kappa shape index (κ1) is 14.8. The summed E-state index contributed by atoms with van der Waals surface area (Å²) in [5, 5.41) is 3.11. The average Bonchev–Trinajstić information content (AvgIpc) is 2.54. The first-order chi connectivity index (χ1) is 10.3. The van der Waals surface area contributed by atoms with Crippen molar-refractivity contribution in [2.45, 2.75) is 13.0 Å². The van der Waals surface area contributed by atoms with Gasteiger partial charge in [0.05, 0.1) is 13.7 Å². The fourth-order valence-electron chi connectivity index (χ4n) is 1.87. The van der Waals surface area contributed by atoms with E-state index in [4.69, 9.17) is 10.5 Å². The van der Waals surface area contributed by atoms with Crippen molar-refractivity contribution >= 4 is 5.96 Å². The molecule has 0 fully saturated rings. The highest BCUT2D eigenvalue weighted by Crippen LogP contribution is 2.09. The number of methoxy groups -OCH3 is 1. The summed E-state index contributed by atoms with van der Waals surface area (Å²) >= 11 is 0. The topological polar surface area (TPSA) is 72.5 Å². The van der Waals surface area contributed by atoms with Gasteiger partial charge in [-0.05, 0) is 23.6 Å². The molecule has 0 bridgehead atoms. The van der Waals surface area contributed by atoms with Crippen molar-refractivity contribution in [3.8, 4) is 5.88 Å². The van der Waals surface area contributed by atoms with E-state index in [1.807, 2.05) is 30.3 Å². The zero-order chi connectivity index (χ0) is 14.9. The third-order valence-corrected chi connectivity index (χ3v) is 3.00. The van der Waals surface area contributed by atoms with Crippen molar-refractivity contribution in [3.05, 3.63) is 59.8 Å². The van der Waals surface area contributed by atoms with Crippen molar-refractivity contribution in [2.24, 2.45) is 10.7 Å². The second-order valence-electron chi connectivity index (χ2n) is 4.57. The summed E-state index contributed by atoms with van der Waals surface area (Å²) in [5.74, 6) is 1.03. The number of guanidine groups is 1. The quantitative estimate of drug-likeness (QED) is 0.626. The van der Waals surface area contributed by atoms with Crippen molar-refractivity contribution in [2.75, 3.05) is 13.7 Å². The Morgan fingerprint density at radius 3 is 2.81 bits per heavy atom. The van der Waals surface area contributed by atoms with Crippen LogP contribution < -0.4 is 15.8 Å². The molecule has 3 N–H and O–H groups in total. The zero-order valence-corrected chi connectivity index (χ0v) is 12.1. The Morgan fingerprint density at radius 2 is 2.05 bits per heavy atom. The van der Waals surface area contributed by atoms with E-state index in [-0.39, 0.29) is 0 Å². The summed E-state index contributed by atoms with van der Waals surface area (Å²) in [6.45, 7) is 1.27. The summed E-state index contributed by atoms with van der Waals surface area (Å²) < 4.78 is 5.07. The minimum absolute atomic E-state index is 0.446. The van der Waals surface area contributed by atoms with Gasteiger partial charge >= 0.3 is 0 Å². The van der Waals surface area contributed by atoms with Crippen LogP contribution in [-0.2, 0) is 13.0 Å². The molecule has 2 aromatic rings. The summed E-state index contributed by atoms with van der Waals surface area (Å²) in [4.78, 5) is 8.35. The van der Waals surface area contributed by atoms with Crippen molar-refractivity contribution in [3.63, 3.8) is 0 Å². The van der Waals surface area contributed by atoms with Gasteiger partial charge in [0.15, 0.2) is 5.96 Å². The molecular formula is C16H20N4O. The molecule has 0 unspecified atom stereocenters. The molecule has 5 heteroatoms. The van der Waals surface area contributed by atoms with Crippen LogP contribution in [0.25, 0.3) is 0 Å². The lowest BCUT2D eigenvalue weighted by atomic mass is 10.1. The van der Waals surface area contributed by atoms with Gasteiger partial charge < -0.3 is 15.8 Å². The monoisotopic (exact) mass is 284 g/mol. The van der Waals surface area contributed by atoms with Crippen LogP contribution in [0.3, 0.4) is 0 Å². The smallest absolute Gasteiger partial charge is 0.213 e. The number of nitrogens with zero attached hydrogens (tertiary/aromatic N) is 2. The number of aliphatic imine (C=N–C) groups is 1. The molecule has 0 saturated heterocycles. The van der Waals surface area contributed by atoms with E-state index in [1.165, 1.54) is 5.56 Å². The van der Waals surface area contributed by atoms with Gasteiger partial charge in [0.25, 0.3) is 0 Å². The number of pyridine rings is 1. The molecule has 2 rings (SSSR count). The summed E-state index contributed by atoms with van der Waals surface area (Å²) in [6, 6.07) is 14.0. The largest absolute Gasteiger partial charge is 0.481 e. The van der Waals surface area contributed by atoms with Gasteiger partial charge in [-0.15, -0.1) is 0 Å². The highest BCUT2D eigenvalue weighted by molar-refractivity contribution is 5.77. The molecule has 5 nitrogen and oxygen atoms in total. The lowest BCUT2D eigenvalue weighted by molar-refractivity contribution is 0.397. The van der Waals surface area contributed by atoms with Gasteiger partial charge in [0.2, 0.25) is 5.88 Å². The number of nitrogens with two attached hydrogens (primary N) is 1. The maximum atomic E-state index is 5.85. The molecule has 0 atom stereocenters. The van der Waals surface area contributed by atoms with Crippen molar-refractivity contribution in [1.29, 1.82) is 0 Å². The minimum atomic E-state index is 0.446. The van der Waals surface area contributed by atoms with E-state index in [2.05, 4.69) is 27.4 Å². The summed E-state index contributed by atoms with van der Waals surface area (Å²) in [7, 11) is 1.59. The third-order valence-electron chi connectivity index (χ3n) is 3.00. The van der Waals surface area contributed by atoms with Gasteiger partial charge in [-0.25, -0.2) is 9.98 Å². The molecule has 1 aromatic heterocycles. The van der Waals surface area contributed by atoms with Gasteiger partial charge in [-0.1, -0.05) is 30.3 Å². The van der Waals surface area contributed by atoms with Gasteiger partial charge in [0.1, 0.15) is 0 Å². The maximum absolute atomic E-state index is 5.85. The van der Waals surface area contributed by atoms with Crippen LogP contribution in [-0.4, -0.2) is 24.6 Å². The molecule has 0 spiro atoms. The van der Waals surface area contributed by atoms with Crippen LogP contribution in [0.2, 0.25) is 0 Å². The number of ether oxygens (including phenoxy) is 1. The Morgan fingerprint density at radius 1 is 1.24 bits per heavy atom. The number of hydrogen-bond donors (Lipinski definition) is 2. The highest BCUT2D eigenvalue weighted by atomic mass is 16.5. The van der Waals surface area contributed by atoms with E-state index in [0.29, 0.717) is 18.4 Å². The van der Waals surface area contributed by atoms with Gasteiger partial charge in [-0.3, -0.25) is 0 Å². The van der Waals surface area contributed by atoms with Gasteiger partial charge in [-0.2, -0.15) is 0 Å². The van der Waals surface area contributed by atoms with Crippen molar-refractivity contribution < 1.29 is 4.74 Å². The fourth-order valence-corrected chi connectivity index (χ4v) is 1.87. The molecule has 21 heavy (non-hydrogen) atoms. The zero-order valence-electron chi connectivity index (χ0n) is 12.1. The Kier molecular flexibility index (Phi) is 5.58. The molecule has 1 aromatic carbocycles. The first-order valence-electron chi connectivity index (χ1n) is 6.84. The normalized spacial score (nSPS) is 11.2. The van der Waals surface area contributed by atoms with Crippen LogP contribution in [0.4, 0.5) is 0 Å². The summed E-state index contributed by atoms with van der Waals surface area (Å²) in [5.41, 5.74) is 8.13. The Labute approximate surface area is 124 Å². The minimum Gasteiger partial charge on any atom is -0.481 e. The second-order valence-corrected chi connectivity index (χ2v) is 4.57. The van der Waals surface area contributed by atoms with E-state index in [0.717, 1.165) is 18.5 Å². The van der Waals surface area contributed by atoms with Crippen LogP contribution in [0, 0.1) is 0 Å². The highest BCUT2D eigenvalue weighted by Gasteiger charge is 1.97. The Bertz CT molecular complexity index is 584. The van der Waals surface area contributed by atoms with Crippen LogP contribution >= 0.6 is 0 Å². The molecular weight excluding hydrogens is 264 g/mol. The van der Waals surface area contributed by atoms with E-state index >= 15 is 0 Å². The molecule has 0 aliphatic carbocycles. The molecule has 1 heterocycles. The molecule has 110 valence electrons. The van der Waals surface area contributed by atoms with Crippen LogP contribution in [0.1, 0.15) is 11.1 Å². The average molecular weight is 284 g/mol. The lowest BCUT2D eigenvalue weighted by Gasteiger charge is -2.06. The first-order valence-corrected chi connectivity index (χ1v) is 6.84. The van der Waals surface area contributed by atoms with Gasteiger partial charge in [0, 0.05) is 18.8 Å². The number of rotatable bonds is 6. The van der Waals surface area contributed by atoms with Crippen LogP contribution in [0.15, 0.2) is 53.7 Å². The number of hydrogen-bond acceptors (Lipinski definition) is 3. The third kappa shape index (κ3) is 5.14. The molecule has 0 aliphatic rings. The Hall–Kier alpha value is -2.56. The second kappa shape index (κ2) is 7.89. The molecule has 0 aliphatic heterocycles. The number of benzene rings is 1. The van der Waals surface area contributed by atoms with E-state index < -0.39 is 0 Å². The SMILES string of the molecule is COc1cc(CN=C(N)NCCc2ccccc2)ccn1. The maximum Gasteiger partial charge on any atom is 0.213 e.